The van der Waals surface area contributed by atoms with Crippen molar-refractivity contribution in [3.05, 3.63) is 64.3 Å². The summed E-state index contributed by atoms with van der Waals surface area (Å²) in [4.78, 5) is 30.9. The fraction of sp³-hybridized carbons (Fsp3) is 0.150. The van der Waals surface area contributed by atoms with Crippen LogP contribution in [0, 0.1) is 0 Å². The second kappa shape index (κ2) is 7.18. The number of allylic oxidation sites excluding steroid dienone is 1. The molecule has 0 atom stereocenters. The lowest BCUT2D eigenvalue weighted by Gasteiger charge is -2.15. The smallest absolute Gasteiger partial charge is 0.228 e. The third-order valence-corrected chi connectivity index (χ3v) is 6.08. The van der Waals surface area contributed by atoms with Gasteiger partial charge in [0.25, 0.3) is 0 Å². The number of nitrogens with one attached hydrogen (secondary N) is 1. The van der Waals surface area contributed by atoms with Gasteiger partial charge >= 0.3 is 0 Å². The maximum atomic E-state index is 12.8. The van der Waals surface area contributed by atoms with Gasteiger partial charge in [-0.3, -0.25) is 14.5 Å². The van der Waals surface area contributed by atoms with Gasteiger partial charge in [0, 0.05) is 25.1 Å². The van der Waals surface area contributed by atoms with E-state index in [9.17, 15) is 18.0 Å². The zero-order valence-corrected chi connectivity index (χ0v) is 17.3. The molecular formula is C20H17N3O4S2. The Morgan fingerprint density at radius 2 is 2.00 bits per heavy atom. The highest BCUT2D eigenvalue weighted by atomic mass is 32.2. The van der Waals surface area contributed by atoms with Gasteiger partial charge in [-0.25, -0.2) is 18.1 Å². The number of hydrogen-bond acceptors (Lipinski definition) is 6. The number of benzene rings is 2. The average molecular weight is 428 g/mol. The molecule has 0 unspecified atom stereocenters. The van der Waals surface area contributed by atoms with Crippen LogP contribution in [0.1, 0.15) is 27.9 Å². The molecule has 1 aromatic heterocycles. The highest BCUT2D eigenvalue weighted by molar-refractivity contribution is 7.88. The zero-order valence-electron chi connectivity index (χ0n) is 15.7. The topological polar surface area (TPSA) is 96.4 Å². The SMILES string of the molecule is CC(=O)N1/C(=C/c2nc3ccc(CNS(C)(=O)=O)cc3s2)C(=O)c2ccccc21. The van der Waals surface area contributed by atoms with E-state index < -0.39 is 10.0 Å². The van der Waals surface area contributed by atoms with E-state index in [0.29, 0.717) is 16.3 Å². The molecule has 0 aliphatic carbocycles. The molecule has 0 fully saturated rings. The molecule has 0 bridgehead atoms. The number of carbonyl (C=O) groups is 2. The quantitative estimate of drug-likeness (QED) is 0.646. The Balaban J connectivity index is 1.70. The summed E-state index contributed by atoms with van der Waals surface area (Å²) in [7, 11) is -3.28. The van der Waals surface area contributed by atoms with E-state index in [-0.39, 0.29) is 23.9 Å². The van der Waals surface area contributed by atoms with Crippen LogP contribution in [0.15, 0.2) is 48.2 Å². The van der Waals surface area contributed by atoms with Crippen molar-refractivity contribution < 1.29 is 18.0 Å². The van der Waals surface area contributed by atoms with Gasteiger partial charge in [-0.1, -0.05) is 18.2 Å². The number of amides is 1. The number of aromatic nitrogens is 1. The number of ketones is 1. The van der Waals surface area contributed by atoms with E-state index in [4.69, 9.17) is 0 Å². The van der Waals surface area contributed by atoms with Gasteiger partial charge in [-0.2, -0.15) is 0 Å². The second-order valence-corrected chi connectivity index (χ2v) is 9.57. The molecule has 7 nitrogen and oxygen atoms in total. The molecule has 0 spiro atoms. The fourth-order valence-electron chi connectivity index (χ4n) is 3.19. The number of hydrogen-bond donors (Lipinski definition) is 1. The van der Waals surface area contributed by atoms with E-state index >= 15 is 0 Å². The molecule has 0 saturated heterocycles. The minimum atomic E-state index is -3.28. The summed E-state index contributed by atoms with van der Waals surface area (Å²) in [6, 6.07) is 12.5. The predicted molar refractivity (Wildman–Crippen MR) is 113 cm³/mol. The Morgan fingerprint density at radius 1 is 1.24 bits per heavy atom. The minimum Gasteiger partial charge on any atom is -0.287 e. The van der Waals surface area contributed by atoms with Crippen LogP contribution in [0.5, 0.6) is 0 Å². The first-order valence-corrected chi connectivity index (χ1v) is 11.4. The second-order valence-electron chi connectivity index (χ2n) is 6.68. The maximum absolute atomic E-state index is 12.8. The Kier molecular flexibility index (Phi) is 4.81. The normalized spacial score (nSPS) is 15.3. The Bertz CT molecular complexity index is 1290. The third kappa shape index (κ3) is 3.84. The molecule has 4 rings (SSSR count). The fourth-order valence-corrected chi connectivity index (χ4v) is 4.59. The molecule has 29 heavy (non-hydrogen) atoms. The van der Waals surface area contributed by atoms with E-state index in [1.807, 2.05) is 6.07 Å². The van der Waals surface area contributed by atoms with E-state index in [1.54, 1.807) is 42.5 Å². The summed E-state index contributed by atoms with van der Waals surface area (Å²) in [5.41, 5.74) is 2.88. The monoisotopic (exact) mass is 427 g/mol. The molecule has 1 aliphatic rings. The Labute approximate surface area is 171 Å². The highest BCUT2D eigenvalue weighted by Crippen LogP contribution is 2.36. The molecule has 9 heteroatoms. The van der Waals surface area contributed by atoms with Crippen LogP contribution in [0.2, 0.25) is 0 Å². The third-order valence-electron chi connectivity index (χ3n) is 4.45. The molecule has 1 N–H and O–H groups in total. The van der Waals surface area contributed by atoms with Crippen LogP contribution in [0.4, 0.5) is 5.69 Å². The number of sulfonamides is 1. The molecule has 0 saturated carbocycles. The summed E-state index contributed by atoms with van der Waals surface area (Å²) >= 11 is 1.37. The number of para-hydroxylation sites is 1. The summed E-state index contributed by atoms with van der Waals surface area (Å²) in [5.74, 6) is -0.460. The standard InChI is InChI=1S/C20H17N3O4S2/c1-12(24)23-16-6-4-3-5-14(16)20(25)17(23)10-19-22-15-8-7-13(9-18(15)28-19)11-21-29(2,26)27/h3-10,21H,11H2,1-2H3/b17-10+. The van der Waals surface area contributed by atoms with E-state index in [0.717, 1.165) is 22.0 Å². The number of anilines is 1. The number of Topliss-reactive ketones (excluding diaryl/α,β-unsaturated/α-hetero) is 1. The molecule has 2 aromatic carbocycles. The van der Waals surface area contributed by atoms with Crippen LogP contribution < -0.4 is 9.62 Å². The van der Waals surface area contributed by atoms with Gasteiger partial charge < -0.3 is 0 Å². The first kappa shape index (κ1) is 19.4. The molecule has 2 heterocycles. The van der Waals surface area contributed by atoms with Crippen molar-refractivity contribution in [1.82, 2.24) is 9.71 Å². The van der Waals surface area contributed by atoms with Crippen LogP contribution in [0.25, 0.3) is 16.3 Å². The van der Waals surface area contributed by atoms with Crippen molar-refractivity contribution in [1.29, 1.82) is 0 Å². The number of rotatable bonds is 4. The molecule has 148 valence electrons. The lowest BCUT2D eigenvalue weighted by atomic mass is 10.1. The summed E-state index contributed by atoms with van der Waals surface area (Å²) in [6.45, 7) is 1.61. The minimum absolute atomic E-state index is 0.189. The largest absolute Gasteiger partial charge is 0.287 e. The Hall–Kier alpha value is -2.88. The van der Waals surface area contributed by atoms with Crippen molar-refractivity contribution in [3.63, 3.8) is 0 Å². The average Bonchev–Trinajstić information content (AvgIpc) is 3.18. The van der Waals surface area contributed by atoms with Gasteiger partial charge in [0.1, 0.15) is 5.01 Å². The van der Waals surface area contributed by atoms with E-state index in [1.165, 1.54) is 23.2 Å². The Morgan fingerprint density at radius 3 is 2.72 bits per heavy atom. The van der Waals surface area contributed by atoms with Gasteiger partial charge in [0.2, 0.25) is 21.7 Å². The maximum Gasteiger partial charge on any atom is 0.228 e. The highest BCUT2D eigenvalue weighted by Gasteiger charge is 2.34. The van der Waals surface area contributed by atoms with Crippen LogP contribution in [-0.4, -0.2) is 31.3 Å². The van der Waals surface area contributed by atoms with Crippen molar-refractivity contribution in [2.24, 2.45) is 0 Å². The van der Waals surface area contributed by atoms with Crippen molar-refractivity contribution >= 4 is 55.0 Å². The number of carbonyl (C=O) groups excluding carboxylic acids is 2. The van der Waals surface area contributed by atoms with Crippen molar-refractivity contribution in [3.8, 4) is 0 Å². The molecule has 0 radical (unpaired) electrons. The van der Waals surface area contributed by atoms with E-state index in [2.05, 4.69) is 9.71 Å². The predicted octanol–water partition coefficient (Wildman–Crippen LogP) is 2.94. The van der Waals surface area contributed by atoms with Gasteiger partial charge in [0.15, 0.2) is 0 Å². The van der Waals surface area contributed by atoms with Gasteiger partial charge in [-0.05, 0) is 29.8 Å². The lowest BCUT2D eigenvalue weighted by Crippen LogP contribution is -2.25. The first-order valence-electron chi connectivity index (χ1n) is 8.73. The molecule has 1 amide bonds. The molecule has 1 aliphatic heterocycles. The molecular weight excluding hydrogens is 410 g/mol. The van der Waals surface area contributed by atoms with Crippen LogP contribution in [0.3, 0.4) is 0 Å². The van der Waals surface area contributed by atoms with Gasteiger partial charge in [-0.15, -0.1) is 11.3 Å². The molecule has 3 aromatic rings. The number of nitrogens with zero attached hydrogens (tertiary/aromatic N) is 2. The summed E-state index contributed by atoms with van der Waals surface area (Å²) in [6.07, 6.45) is 2.74. The van der Waals surface area contributed by atoms with Gasteiger partial charge in [0.05, 0.1) is 27.9 Å². The first-order chi connectivity index (χ1) is 13.7. The van der Waals surface area contributed by atoms with Crippen molar-refractivity contribution in [2.75, 3.05) is 11.2 Å². The number of fused-ring (bicyclic) bond motifs is 2. The van der Waals surface area contributed by atoms with Crippen molar-refractivity contribution in [2.45, 2.75) is 13.5 Å². The summed E-state index contributed by atoms with van der Waals surface area (Å²) in [5, 5.41) is 0.593. The number of thiazole rings is 1. The summed E-state index contributed by atoms with van der Waals surface area (Å²) < 4.78 is 25.9. The lowest BCUT2D eigenvalue weighted by molar-refractivity contribution is -0.116. The van der Waals surface area contributed by atoms with Crippen LogP contribution in [-0.2, 0) is 21.4 Å². The van der Waals surface area contributed by atoms with Crippen LogP contribution >= 0.6 is 11.3 Å². The zero-order chi connectivity index (χ0) is 20.8.